The molecule has 2 bridgehead atoms. The maximum atomic E-state index is 14.1. The van der Waals surface area contributed by atoms with Crippen molar-refractivity contribution < 1.29 is 32.3 Å². The number of hydrogen-bond acceptors (Lipinski definition) is 5. The lowest BCUT2D eigenvalue weighted by molar-refractivity contribution is -0.136. The van der Waals surface area contributed by atoms with Crippen LogP contribution in [0.2, 0.25) is 0 Å². The van der Waals surface area contributed by atoms with Gasteiger partial charge in [0.2, 0.25) is 11.8 Å². The van der Waals surface area contributed by atoms with E-state index in [9.17, 15) is 27.6 Å². The van der Waals surface area contributed by atoms with Gasteiger partial charge in [-0.25, -0.2) is 13.2 Å². The number of piperidine rings is 1. The first-order chi connectivity index (χ1) is 19.2. The Morgan fingerprint density at radius 2 is 1.73 bits per heavy atom. The van der Waals surface area contributed by atoms with E-state index in [1.807, 2.05) is 4.90 Å². The summed E-state index contributed by atoms with van der Waals surface area (Å²) < 4.78 is 46.6. The van der Waals surface area contributed by atoms with Crippen LogP contribution in [0.1, 0.15) is 54.4 Å². The predicted octanol–water partition coefficient (Wildman–Crippen LogP) is 3.13. The molecule has 2 fully saturated rings. The molecule has 0 aromatic heterocycles. The monoisotopic (exact) mass is 558 g/mol. The lowest BCUT2D eigenvalue weighted by atomic mass is 9.82. The van der Waals surface area contributed by atoms with E-state index in [2.05, 4.69) is 5.32 Å². The number of hydrogen-bond donors (Lipinski definition) is 2. The van der Waals surface area contributed by atoms with Crippen molar-refractivity contribution in [3.8, 4) is 5.75 Å². The summed E-state index contributed by atoms with van der Waals surface area (Å²) in [7, 11) is 0. The van der Waals surface area contributed by atoms with Gasteiger partial charge in [-0.05, 0) is 61.8 Å². The van der Waals surface area contributed by atoms with Crippen LogP contribution in [-0.4, -0.2) is 65.5 Å². The van der Waals surface area contributed by atoms with Crippen LogP contribution in [0.5, 0.6) is 5.75 Å². The molecule has 0 spiro atoms. The number of carbonyl (C=O) groups excluding carboxylic acids is 3. The van der Waals surface area contributed by atoms with Gasteiger partial charge in [0.15, 0.2) is 18.4 Å². The Morgan fingerprint density at radius 1 is 1.02 bits per heavy atom. The van der Waals surface area contributed by atoms with E-state index in [-0.39, 0.29) is 80.4 Å². The van der Waals surface area contributed by atoms with Crippen molar-refractivity contribution >= 4 is 17.7 Å². The molecule has 2 aromatic rings. The number of nitrogens with zero attached hydrogens (tertiary/aromatic N) is 2. The standard InChI is InChI=1S/C29H33F3N4O4/c30-22-15-24(32)23(31)13-17(22)14-25(33)18-11-19-5-6-20(12-18)36(19)28(38)7-9-34-27(37)8-10-35-16-40-26-4-2-1-3-21(26)29(35)39/h1-4,13,15,18-20,25H,5-12,14,16,33H2,(H,34,37)/t18?,19-,20+,25-/m1/s1. The summed E-state index contributed by atoms with van der Waals surface area (Å²) >= 11 is 0. The minimum absolute atomic E-state index is 0.0146. The van der Waals surface area contributed by atoms with Crippen LogP contribution in [0.4, 0.5) is 13.2 Å². The van der Waals surface area contributed by atoms with Crippen molar-refractivity contribution in [1.29, 1.82) is 0 Å². The van der Waals surface area contributed by atoms with E-state index in [0.717, 1.165) is 18.9 Å². The Kier molecular flexibility index (Phi) is 8.30. The van der Waals surface area contributed by atoms with E-state index >= 15 is 0 Å². The number of amides is 3. The number of para-hydroxylation sites is 1. The molecule has 40 heavy (non-hydrogen) atoms. The normalized spacial score (nSPS) is 22.5. The fourth-order valence-electron chi connectivity index (χ4n) is 6.19. The lowest BCUT2D eigenvalue weighted by Gasteiger charge is -2.41. The van der Waals surface area contributed by atoms with Gasteiger partial charge in [0.25, 0.3) is 5.91 Å². The molecule has 11 heteroatoms. The first-order valence-corrected chi connectivity index (χ1v) is 13.7. The SMILES string of the molecule is N[C@H](Cc1cc(F)c(F)cc1F)C1C[C@H]2CC[C@@H](C1)N2C(=O)CCNC(=O)CCN1COc2ccccc2C1=O. The summed E-state index contributed by atoms with van der Waals surface area (Å²) in [6.07, 6.45) is 3.37. The quantitative estimate of drug-likeness (QED) is 0.461. The zero-order valence-electron chi connectivity index (χ0n) is 22.1. The Bertz CT molecular complexity index is 1280. The third-order valence-corrected chi connectivity index (χ3v) is 8.26. The Labute approximate surface area is 230 Å². The smallest absolute Gasteiger partial charge is 0.260 e. The lowest BCUT2D eigenvalue weighted by Crippen LogP contribution is -2.50. The second-order valence-corrected chi connectivity index (χ2v) is 10.8. The second kappa shape index (κ2) is 11.9. The number of nitrogens with two attached hydrogens (primary N) is 1. The molecule has 0 saturated carbocycles. The van der Waals surface area contributed by atoms with Gasteiger partial charge < -0.3 is 25.6 Å². The predicted molar refractivity (Wildman–Crippen MR) is 140 cm³/mol. The highest BCUT2D eigenvalue weighted by Gasteiger charge is 2.44. The molecule has 3 aliphatic rings. The van der Waals surface area contributed by atoms with E-state index in [1.54, 1.807) is 24.3 Å². The van der Waals surface area contributed by atoms with Crippen LogP contribution in [0.3, 0.4) is 0 Å². The molecule has 3 aliphatic heterocycles. The topological polar surface area (TPSA) is 105 Å². The molecule has 3 heterocycles. The van der Waals surface area contributed by atoms with E-state index in [1.165, 1.54) is 4.90 Å². The van der Waals surface area contributed by atoms with E-state index in [4.69, 9.17) is 10.5 Å². The number of halogens is 3. The molecule has 2 saturated heterocycles. The van der Waals surface area contributed by atoms with Gasteiger partial charge in [0, 0.05) is 50.1 Å². The van der Waals surface area contributed by atoms with Gasteiger partial charge in [-0.15, -0.1) is 0 Å². The fourth-order valence-corrected chi connectivity index (χ4v) is 6.19. The van der Waals surface area contributed by atoms with Crippen LogP contribution in [0, 0.1) is 23.4 Å². The number of carbonyl (C=O) groups is 3. The summed E-state index contributed by atoms with van der Waals surface area (Å²) in [5.41, 5.74) is 6.89. The average Bonchev–Trinajstić information content (AvgIpc) is 3.20. The highest BCUT2D eigenvalue weighted by Crippen LogP contribution is 2.40. The molecule has 3 amide bonds. The summed E-state index contributed by atoms with van der Waals surface area (Å²) in [4.78, 5) is 41.4. The average molecular weight is 559 g/mol. The van der Waals surface area contributed by atoms with Crippen molar-refractivity contribution in [1.82, 2.24) is 15.1 Å². The molecule has 1 unspecified atom stereocenters. The Hall–Kier alpha value is -3.60. The van der Waals surface area contributed by atoms with E-state index < -0.39 is 23.5 Å². The third kappa shape index (κ3) is 5.94. The van der Waals surface area contributed by atoms with Gasteiger partial charge in [-0.2, -0.15) is 0 Å². The summed E-state index contributed by atoms with van der Waals surface area (Å²) in [6, 6.07) is 7.96. The number of ether oxygens (including phenoxy) is 1. The first kappa shape index (κ1) is 27.9. The molecule has 214 valence electrons. The van der Waals surface area contributed by atoms with Crippen LogP contribution in [0.15, 0.2) is 36.4 Å². The maximum Gasteiger partial charge on any atom is 0.260 e. The fraction of sp³-hybridized carbons (Fsp3) is 0.483. The molecule has 4 atom stereocenters. The largest absolute Gasteiger partial charge is 0.472 e. The van der Waals surface area contributed by atoms with Gasteiger partial charge >= 0.3 is 0 Å². The zero-order chi connectivity index (χ0) is 28.4. The van der Waals surface area contributed by atoms with Gasteiger partial charge in [-0.1, -0.05) is 12.1 Å². The first-order valence-electron chi connectivity index (χ1n) is 13.7. The summed E-state index contributed by atoms with van der Waals surface area (Å²) in [5.74, 6) is -3.05. The van der Waals surface area contributed by atoms with Crippen molar-refractivity contribution in [2.24, 2.45) is 11.7 Å². The molecule has 0 radical (unpaired) electrons. The van der Waals surface area contributed by atoms with Gasteiger partial charge in [-0.3, -0.25) is 14.4 Å². The number of rotatable bonds is 9. The Morgan fingerprint density at radius 3 is 2.48 bits per heavy atom. The van der Waals surface area contributed by atoms with Gasteiger partial charge in [0.05, 0.1) is 5.56 Å². The number of benzene rings is 2. The molecular formula is C29H33F3N4O4. The minimum atomic E-state index is -1.23. The maximum absolute atomic E-state index is 14.1. The molecule has 0 aliphatic carbocycles. The van der Waals surface area contributed by atoms with Crippen molar-refractivity contribution in [3.05, 3.63) is 65.0 Å². The molecule has 3 N–H and O–H groups in total. The van der Waals surface area contributed by atoms with Crippen molar-refractivity contribution in [2.75, 3.05) is 19.8 Å². The number of nitrogens with one attached hydrogen (secondary N) is 1. The van der Waals surface area contributed by atoms with Crippen LogP contribution in [-0.2, 0) is 16.0 Å². The molecular weight excluding hydrogens is 525 g/mol. The summed E-state index contributed by atoms with van der Waals surface area (Å²) in [5, 5.41) is 2.77. The van der Waals surface area contributed by atoms with Gasteiger partial charge in [0.1, 0.15) is 11.6 Å². The third-order valence-electron chi connectivity index (χ3n) is 8.26. The van der Waals surface area contributed by atoms with Crippen LogP contribution in [0.25, 0.3) is 0 Å². The molecule has 2 aromatic carbocycles. The van der Waals surface area contributed by atoms with E-state index in [0.29, 0.717) is 30.2 Å². The number of fused-ring (bicyclic) bond motifs is 3. The van der Waals surface area contributed by atoms with Crippen LogP contribution < -0.4 is 15.8 Å². The van der Waals surface area contributed by atoms with Crippen molar-refractivity contribution in [2.45, 2.75) is 63.1 Å². The summed E-state index contributed by atoms with van der Waals surface area (Å²) in [6.45, 7) is 0.484. The molecule has 8 nitrogen and oxygen atoms in total. The zero-order valence-corrected chi connectivity index (χ0v) is 22.1. The minimum Gasteiger partial charge on any atom is -0.472 e. The Balaban J connectivity index is 1.05. The second-order valence-electron chi connectivity index (χ2n) is 10.8. The highest BCUT2D eigenvalue weighted by atomic mass is 19.2. The highest BCUT2D eigenvalue weighted by molar-refractivity contribution is 5.97. The van der Waals surface area contributed by atoms with Crippen LogP contribution >= 0.6 is 0 Å². The molecule has 5 rings (SSSR count). The van der Waals surface area contributed by atoms with Crippen molar-refractivity contribution in [3.63, 3.8) is 0 Å².